The third-order valence-electron chi connectivity index (χ3n) is 2.23. The SMILES string of the molecule is CCCc1ccc(CN)cc1C(F)(F)F. The molecule has 0 unspecified atom stereocenters. The molecule has 0 bridgehead atoms. The van der Waals surface area contributed by atoms with E-state index < -0.39 is 11.7 Å². The number of aryl methyl sites for hydroxylation is 1. The largest absolute Gasteiger partial charge is 0.416 e. The van der Waals surface area contributed by atoms with Crippen LogP contribution in [0.4, 0.5) is 13.2 Å². The Labute approximate surface area is 87.1 Å². The van der Waals surface area contributed by atoms with Crippen molar-refractivity contribution in [1.29, 1.82) is 0 Å². The molecule has 0 amide bonds. The lowest BCUT2D eigenvalue weighted by Crippen LogP contribution is -2.11. The predicted molar refractivity (Wildman–Crippen MR) is 53.3 cm³/mol. The van der Waals surface area contributed by atoms with Gasteiger partial charge in [0.25, 0.3) is 0 Å². The van der Waals surface area contributed by atoms with Gasteiger partial charge in [-0.05, 0) is 23.6 Å². The molecule has 1 aromatic rings. The van der Waals surface area contributed by atoms with Crippen LogP contribution in [-0.4, -0.2) is 0 Å². The van der Waals surface area contributed by atoms with Crippen molar-refractivity contribution in [1.82, 2.24) is 0 Å². The van der Waals surface area contributed by atoms with Gasteiger partial charge in [-0.3, -0.25) is 0 Å². The second-order valence-corrected chi connectivity index (χ2v) is 3.44. The van der Waals surface area contributed by atoms with E-state index in [0.29, 0.717) is 24.0 Å². The van der Waals surface area contributed by atoms with Gasteiger partial charge in [-0.15, -0.1) is 0 Å². The highest BCUT2D eigenvalue weighted by atomic mass is 19.4. The molecule has 1 nitrogen and oxygen atoms in total. The quantitative estimate of drug-likeness (QED) is 0.827. The number of alkyl halides is 3. The van der Waals surface area contributed by atoms with Crippen LogP contribution in [0.5, 0.6) is 0 Å². The van der Waals surface area contributed by atoms with Crippen LogP contribution in [0.15, 0.2) is 18.2 Å². The van der Waals surface area contributed by atoms with Gasteiger partial charge in [0, 0.05) is 6.54 Å². The maximum absolute atomic E-state index is 12.6. The summed E-state index contributed by atoms with van der Waals surface area (Å²) in [7, 11) is 0. The van der Waals surface area contributed by atoms with E-state index >= 15 is 0 Å². The number of nitrogens with two attached hydrogens (primary N) is 1. The van der Waals surface area contributed by atoms with E-state index in [1.54, 1.807) is 6.07 Å². The summed E-state index contributed by atoms with van der Waals surface area (Å²) >= 11 is 0. The lowest BCUT2D eigenvalue weighted by atomic mass is 10.00. The highest BCUT2D eigenvalue weighted by molar-refractivity contribution is 5.34. The molecule has 4 heteroatoms. The van der Waals surface area contributed by atoms with Crippen molar-refractivity contribution in [2.24, 2.45) is 5.73 Å². The van der Waals surface area contributed by atoms with Crippen LogP contribution >= 0.6 is 0 Å². The van der Waals surface area contributed by atoms with Gasteiger partial charge in [0.05, 0.1) is 5.56 Å². The van der Waals surface area contributed by atoms with Gasteiger partial charge in [-0.1, -0.05) is 25.5 Å². The molecule has 2 N–H and O–H groups in total. The van der Waals surface area contributed by atoms with Crippen molar-refractivity contribution in [3.63, 3.8) is 0 Å². The fourth-order valence-corrected chi connectivity index (χ4v) is 1.50. The molecule has 0 fully saturated rings. The number of rotatable bonds is 3. The summed E-state index contributed by atoms with van der Waals surface area (Å²) in [6.07, 6.45) is -3.14. The van der Waals surface area contributed by atoms with Crippen LogP contribution in [0.1, 0.15) is 30.0 Å². The first-order chi connectivity index (χ1) is 6.99. The second-order valence-electron chi connectivity index (χ2n) is 3.44. The Hall–Kier alpha value is -1.03. The van der Waals surface area contributed by atoms with Crippen LogP contribution in [0, 0.1) is 0 Å². The second kappa shape index (κ2) is 4.66. The van der Waals surface area contributed by atoms with Crippen molar-refractivity contribution in [3.8, 4) is 0 Å². The Morgan fingerprint density at radius 3 is 2.40 bits per heavy atom. The van der Waals surface area contributed by atoms with E-state index in [1.165, 1.54) is 6.07 Å². The molecule has 0 aliphatic carbocycles. The first-order valence-corrected chi connectivity index (χ1v) is 4.88. The van der Waals surface area contributed by atoms with Crippen molar-refractivity contribution in [2.75, 3.05) is 0 Å². The molecule has 1 rings (SSSR count). The van der Waals surface area contributed by atoms with E-state index in [9.17, 15) is 13.2 Å². The molecule has 1 aromatic carbocycles. The van der Waals surface area contributed by atoms with Crippen LogP contribution in [-0.2, 0) is 19.1 Å². The van der Waals surface area contributed by atoms with Crippen LogP contribution in [0.3, 0.4) is 0 Å². The Balaban J connectivity index is 3.16. The zero-order chi connectivity index (χ0) is 11.5. The van der Waals surface area contributed by atoms with Gasteiger partial charge >= 0.3 is 6.18 Å². The minimum atomic E-state index is -4.28. The summed E-state index contributed by atoms with van der Waals surface area (Å²) < 4.78 is 37.9. The fraction of sp³-hybridized carbons (Fsp3) is 0.455. The average molecular weight is 217 g/mol. The van der Waals surface area contributed by atoms with E-state index in [2.05, 4.69) is 0 Å². The smallest absolute Gasteiger partial charge is 0.326 e. The maximum atomic E-state index is 12.6. The van der Waals surface area contributed by atoms with E-state index in [4.69, 9.17) is 5.73 Å². The standard InChI is InChI=1S/C11H14F3N/c1-2-3-9-5-4-8(7-15)6-10(9)11(12,13)14/h4-6H,2-3,7,15H2,1H3. The lowest BCUT2D eigenvalue weighted by Gasteiger charge is -2.13. The Morgan fingerprint density at radius 1 is 1.27 bits per heavy atom. The monoisotopic (exact) mass is 217 g/mol. The van der Waals surface area contributed by atoms with Gasteiger partial charge in [-0.25, -0.2) is 0 Å². The minimum absolute atomic E-state index is 0.134. The number of halogens is 3. The normalized spacial score (nSPS) is 11.8. The number of hydrogen-bond acceptors (Lipinski definition) is 1. The summed E-state index contributed by atoms with van der Waals surface area (Å²) in [6, 6.07) is 4.32. The molecule has 0 saturated carbocycles. The van der Waals surface area contributed by atoms with Crippen LogP contribution < -0.4 is 5.73 Å². The molecule has 15 heavy (non-hydrogen) atoms. The Bertz CT molecular complexity index is 331. The molecule has 0 radical (unpaired) electrons. The van der Waals surface area contributed by atoms with Crippen molar-refractivity contribution in [3.05, 3.63) is 34.9 Å². The van der Waals surface area contributed by atoms with Gasteiger partial charge in [0.2, 0.25) is 0 Å². The molecule has 0 aliphatic rings. The zero-order valence-corrected chi connectivity index (χ0v) is 8.56. The summed E-state index contributed by atoms with van der Waals surface area (Å²) in [5.74, 6) is 0. The topological polar surface area (TPSA) is 26.0 Å². The van der Waals surface area contributed by atoms with E-state index in [0.717, 1.165) is 6.07 Å². The third kappa shape index (κ3) is 2.96. The fourth-order valence-electron chi connectivity index (χ4n) is 1.50. The van der Waals surface area contributed by atoms with Gasteiger partial charge in [0.1, 0.15) is 0 Å². The predicted octanol–water partition coefficient (Wildman–Crippen LogP) is 3.12. The summed E-state index contributed by atoms with van der Waals surface area (Å²) in [5, 5.41) is 0. The highest BCUT2D eigenvalue weighted by Crippen LogP contribution is 2.33. The minimum Gasteiger partial charge on any atom is -0.326 e. The lowest BCUT2D eigenvalue weighted by molar-refractivity contribution is -0.138. The molecule has 0 atom stereocenters. The van der Waals surface area contributed by atoms with Crippen molar-refractivity contribution < 1.29 is 13.2 Å². The first-order valence-electron chi connectivity index (χ1n) is 4.88. The zero-order valence-electron chi connectivity index (χ0n) is 8.56. The molecule has 0 aromatic heterocycles. The van der Waals surface area contributed by atoms with E-state index in [1.807, 2.05) is 6.92 Å². The van der Waals surface area contributed by atoms with Gasteiger partial charge in [-0.2, -0.15) is 13.2 Å². The molecular weight excluding hydrogens is 203 g/mol. The van der Waals surface area contributed by atoms with Crippen molar-refractivity contribution >= 4 is 0 Å². The van der Waals surface area contributed by atoms with Crippen LogP contribution in [0.25, 0.3) is 0 Å². The molecular formula is C11H14F3N. The average Bonchev–Trinajstić information content (AvgIpc) is 2.17. The molecule has 0 spiro atoms. The Morgan fingerprint density at radius 2 is 1.93 bits per heavy atom. The molecule has 84 valence electrons. The molecule has 0 saturated heterocycles. The van der Waals surface area contributed by atoms with Gasteiger partial charge < -0.3 is 5.73 Å². The maximum Gasteiger partial charge on any atom is 0.416 e. The van der Waals surface area contributed by atoms with Crippen molar-refractivity contribution in [2.45, 2.75) is 32.5 Å². The summed E-state index contributed by atoms with van der Waals surface area (Å²) in [5.41, 5.74) is 5.64. The van der Waals surface area contributed by atoms with E-state index in [-0.39, 0.29) is 6.54 Å². The molecule has 0 heterocycles. The highest BCUT2D eigenvalue weighted by Gasteiger charge is 2.33. The molecule has 0 aliphatic heterocycles. The van der Waals surface area contributed by atoms with Crippen LogP contribution in [0.2, 0.25) is 0 Å². The third-order valence-corrected chi connectivity index (χ3v) is 2.23. The summed E-state index contributed by atoms with van der Waals surface area (Å²) in [6.45, 7) is 1.99. The van der Waals surface area contributed by atoms with Gasteiger partial charge in [0.15, 0.2) is 0 Å². The summed E-state index contributed by atoms with van der Waals surface area (Å²) in [4.78, 5) is 0. The first kappa shape index (κ1) is 12.0. The number of hydrogen-bond donors (Lipinski definition) is 1. The number of benzene rings is 1. The Kier molecular flexibility index (Phi) is 3.74.